The normalized spacial score (nSPS) is 11.1. The fourth-order valence-corrected chi connectivity index (χ4v) is 2.49. The molecule has 0 aliphatic carbocycles. The predicted molar refractivity (Wildman–Crippen MR) is 73.3 cm³/mol. The maximum atomic E-state index is 11.3. The van der Waals surface area contributed by atoms with Crippen LogP contribution in [0.2, 0.25) is 0 Å². The van der Waals surface area contributed by atoms with Gasteiger partial charge in [0.2, 0.25) is 0 Å². The van der Waals surface area contributed by atoms with Gasteiger partial charge in [0.1, 0.15) is 0 Å². The third-order valence-electron chi connectivity index (χ3n) is 3.31. The zero-order chi connectivity index (χ0) is 13.3. The van der Waals surface area contributed by atoms with E-state index >= 15 is 0 Å². The standard InChI is InChI=1S/C15H19NO2/c1-4-5-6-16-9-12(15(17)18)14-11(3)7-10(2)8-13(14)16/h7-9H,4-6H2,1-3H3,(H,17,18). The van der Waals surface area contributed by atoms with E-state index in [1.165, 1.54) is 5.56 Å². The molecule has 1 heterocycles. The number of carboxylic acids is 1. The van der Waals surface area contributed by atoms with Crippen molar-refractivity contribution < 1.29 is 9.90 Å². The van der Waals surface area contributed by atoms with E-state index in [0.29, 0.717) is 5.56 Å². The molecule has 1 N–H and O–H groups in total. The highest BCUT2D eigenvalue weighted by Gasteiger charge is 2.16. The molecule has 0 aliphatic rings. The summed E-state index contributed by atoms with van der Waals surface area (Å²) in [5, 5.41) is 10.2. The molecule has 3 nitrogen and oxygen atoms in total. The second-order valence-electron chi connectivity index (χ2n) is 4.87. The lowest BCUT2D eigenvalue weighted by molar-refractivity contribution is 0.0698. The van der Waals surface area contributed by atoms with Gasteiger partial charge in [-0.15, -0.1) is 0 Å². The molecular formula is C15H19NO2. The molecule has 0 aliphatic heterocycles. The van der Waals surface area contributed by atoms with Crippen LogP contribution in [0.3, 0.4) is 0 Å². The summed E-state index contributed by atoms with van der Waals surface area (Å²) >= 11 is 0. The Morgan fingerprint density at radius 2 is 2.06 bits per heavy atom. The van der Waals surface area contributed by atoms with Gasteiger partial charge in [-0.05, 0) is 37.5 Å². The molecule has 0 spiro atoms. The lowest BCUT2D eigenvalue weighted by Gasteiger charge is -2.06. The van der Waals surface area contributed by atoms with Crippen LogP contribution in [0, 0.1) is 13.8 Å². The molecule has 0 radical (unpaired) electrons. The van der Waals surface area contributed by atoms with Gasteiger partial charge in [-0.3, -0.25) is 0 Å². The van der Waals surface area contributed by atoms with Crippen molar-refractivity contribution in [3.8, 4) is 0 Å². The molecule has 0 saturated heterocycles. The van der Waals surface area contributed by atoms with Crippen LogP contribution in [-0.4, -0.2) is 15.6 Å². The molecule has 0 amide bonds. The zero-order valence-electron chi connectivity index (χ0n) is 11.2. The summed E-state index contributed by atoms with van der Waals surface area (Å²) < 4.78 is 2.07. The van der Waals surface area contributed by atoms with Crippen molar-refractivity contribution in [2.45, 2.75) is 40.2 Å². The van der Waals surface area contributed by atoms with Crippen molar-refractivity contribution in [3.05, 3.63) is 35.0 Å². The molecular weight excluding hydrogens is 226 g/mol. The predicted octanol–water partition coefficient (Wildman–Crippen LogP) is 3.76. The van der Waals surface area contributed by atoms with E-state index < -0.39 is 5.97 Å². The van der Waals surface area contributed by atoms with Crippen LogP contribution >= 0.6 is 0 Å². The minimum Gasteiger partial charge on any atom is -0.478 e. The van der Waals surface area contributed by atoms with Crippen LogP contribution in [0.25, 0.3) is 10.9 Å². The Balaban J connectivity index is 2.68. The fraction of sp³-hybridized carbons (Fsp3) is 0.400. The highest BCUT2D eigenvalue weighted by molar-refractivity contribution is 6.05. The van der Waals surface area contributed by atoms with Gasteiger partial charge in [0.25, 0.3) is 0 Å². The Hall–Kier alpha value is -1.77. The van der Waals surface area contributed by atoms with Gasteiger partial charge in [-0.1, -0.05) is 19.4 Å². The summed E-state index contributed by atoms with van der Waals surface area (Å²) in [6, 6.07) is 4.11. The van der Waals surface area contributed by atoms with Gasteiger partial charge < -0.3 is 9.67 Å². The van der Waals surface area contributed by atoms with E-state index in [-0.39, 0.29) is 0 Å². The molecule has 2 rings (SSSR count). The molecule has 3 heteroatoms. The first kappa shape index (κ1) is 12.7. The van der Waals surface area contributed by atoms with Crippen LogP contribution in [0.15, 0.2) is 18.3 Å². The van der Waals surface area contributed by atoms with E-state index in [4.69, 9.17) is 0 Å². The second-order valence-corrected chi connectivity index (χ2v) is 4.87. The number of unbranched alkanes of at least 4 members (excludes halogenated alkanes) is 1. The molecule has 0 saturated carbocycles. The summed E-state index contributed by atoms with van der Waals surface area (Å²) in [6.45, 7) is 7.04. The first-order chi connectivity index (χ1) is 8.54. The number of hydrogen-bond donors (Lipinski definition) is 1. The minimum absolute atomic E-state index is 0.415. The quantitative estimate of drug-likeness (QED) is 0.891. The highest BCUT2D eigenvalue weighted by Crippen LogP contribution is 2.27. The number of aromatic nitrogens is 1. The summed E-state index contributed by atoms with van der Waals surface area (Å²) in [7, 11) is 0. The molecule has 0 bridgehead atoms. The maximum absolute atomic E-state index is 11.3. The number of rotatable bonds is 4. The summed E-state index contributed by atoms with van der Waals surface area (Å²) in [4.78, 5) is 11.3. The average Bonchev–Trinajstić information content (AvgIpc) is 2.65. The first-order valence-electron chi connectivity index (χ1n) is 6.38. The van der Waals surface area contributed by atoms with Gasteiger partial charge in [-0.25, -0.2) is 4.79 Å². The summed E-state index contributed by atoms with van der Waals surface area (Å²) in [5.41, 5.74) is 3.67. The topological polar surface area (TPSA) is 42.2 Å². The number of carboxylic acid groups (broad SMARTS) is 1. The molecule has 96 valence electrons. The molecule has 1 aromatic heterocycles. The average molecular weight is 245 g/mol. The SMILES string of the molecule is CCCCn1cc(C(=O)O)c2c(C)cc(C)cc21. The van der Waals surface area contributed by atoms with Crippen molar-refractivity contribution in [2.24, 2.45) is 0 Å². The molecule has 0 unspecified atom stereocenters. The second kappa shape index (κ2) is 4.84. The number of aromatic carboxylic acids is 1. The Morgan fingerprint density at radius 3 is 2.67 bits per heavy atom. The number of nitrogens with zero attached hydrogens (tertiary/aromatic N) is 1. The Morgan fingerprint density at radius 1 is 1.33 bits per heavy atom. The molecule has 1 aromatic carbocycles. The van der Waals surface area contributed by atoms with E-state index in [9.17, 15) is 9.90 Å². The third kappa shape index (κ3) is 2.13. The van der Waals surface area contributed by atoms with Gasteiger partial charge in [0, 0.05) is 23.6 Å². The summed E-state index contributed by atoms with van der Waals surface area (Å²) in [5.74, 6) is -0.845. The van der Waals surface area contributed by atoms with E-state index in [0.717, 1.165) is 35.9 Å². The zero-order valence-corrected chi connectivity index (χ0v) is 11.2. The smallest absolute Gasteiger partial charge is 0.337 e. The van der Waals surface area contributed by atoms with Crippen molar-refractivity contribution in [2.75, 3.05) is 0 Å². The van der Waals surface area contributed by atoms with Gasteiger partial charge in [-0.2, -0.15) is 0 Å². The van der Waals surface area contributed by atoms with Crippen LogP contribution in [0.1, 0.15) is 41.3 Å². The van der Waals surface area contributed by atoms with Crippen LogP contribution in [0.5, 0.6) is 0 Å². The molecule has 2 aromatic rings. The highest BCUT2D eigenvalue weighted by atomic mass is 16.4. The minimum atomic E-state index is -0.845. The summed E-state index contributed by atoms with van der Waals surface area (Å²) in [6.07, 6.45) is 3.94. The van der Waals surface area contributed by atoms with Gasteiger partial charge in [0.05, 0.1) is 5.56 Å². The largest absolute Gasteiger partial charge is 0.478 e. The number of hydrogen-bond acceptors (Lipinski definition) is 1. The number of carbonyl (C=O) groups is 1. The molecule has 0 fully saturated rings. The number of aryl methyl sites for hydroxylation is 3. The number of fused-ring (bicyclic) bond motifs is 1. The van der Waals surface area contributed by atoms with Crippen molar-refractivity contribution in [3.63, 3.8) is 0 Å². The van der Waals surface area contributed by atoms with E-state index in [2.05, 4.69) is 17.6 Å². The van der Waals surface area contributed by atoms with Crippen molar-refractivity contribution in [1.82, 2.24) is 4.57 Å². The van der Waals surface area contributed by atoms with Gasteiger partial charge >= 0.3 is 5.97 Å². The van der Waals surface area contributed by atoms with Crippen LogP contribution in [0.4, 0.5) is 0 Å². The van der Waals surface area contributed by atoms with Gasteiger partial charge in [0.15, 0.2) is 0 Å². The Bertz CT molecular complexity index is 596. The number of benzene rings is 1. The Labute approximate surface area is 107 Å². The molecule has 18 heavy (non-hydrogen) atoms. The maximum Gasteiger partial charge on any atom is 0.337 e. The molecule has 0 atom stereocenters. The van der Waals surface area contributed by atoms with E-state index in [1.54, 1.807) is 6.20 Å². The third-order valence-corrected chi connectivity index (χ3v) is 3.31. The lowest BCUT2D eigenvalue weighted by atomic mass is 10.0. The van der Waals surface area contributed by atoms with E-state index in [1.807, 2.05) is 19.9 Å². The van der Waals surface area contributed by atoms with Crippen LogP contribution < -0.4 is 0 Å². The fourth-order valence-electron chi connectivity index (χ4n) is 2.49. The monoisotopic (exact) mass is 245 g/mol. The van der Waals surface area contributed by atoms with Crippen LogP contribution in [-0.2, 0) is 6.54 Å². The van der Waals surface area contributed by atoms with Crippen molar-refractivity contribution in [1.29, 1.82) is 0 Å². The van der Waals surface area contributed by atoms with Crippen molar-refractivity contribution >= 4 is 16.9 Å². The first-order valence-corrected chi connectivity index (χ1v) is 6.38. The lowest BCUT2D eigenvalue weighted by Crippen LogP contribution is -1.96. The Kier molecular flexibility index (Phi) is 3.41.